The molecule has 2 bridgehead atoms. The molecule has 2 saturated carbocycles. The maximum atomic E-state index is 12.3. The van der Waals surface area contributed by atoms with Gasteiger partial charge in [-0.3, -0.25) is 9.69 Å². The summed E-state index contributed by atoms with van der Waals surface area (Å²) in [5.41, 5.74) is 0.508. The molecule has 0 amide bonds. The predicted octanol–water partition coefficient (Wildman–Crippen LogP) is 2.15. The summed E-state index contributed by atoms with van der Waals surface area (Å²) in [7, 11) is 0. The molecule has 1 aromatic carbocycles. The highest BCUT2D eigenvalue weighted by atomic mass is 16.3. The monoisotopic (exact) mass is 327 g/mol. The molecule has 4 aliphatic rings. The molecule has 0 radical (unpaired) electrons. The van der Waals surface area contributed by atoms with Crippen molar-refractivity contribution in [1.82, 2.24) is 4.90 Å². The number of likely N-dealkylation sites (tertiary alicyclic amines) is 1. The quantitative estimate of drug-likeness (QED) is 0.874. The van der Waals surface area contributed by atoms with Crippen molar-refractivity contribution in [3.63, 3.8) is 0 Å². The highest BCUT2D eigenvalue weighted by Crippen LogP contribution is 2.59. The van der Waals surface area contributed by atoms with Gasteiger partial charge in [0.25, 0.3) is 0 Å². The third kappa shape index (κ3) is 1.84. The third-order valence-corrected chi connectivity index (χ3v) is 7.14. The minimum Gasteiger partial charge on any atom is -0.508 e. The number of fused-ring (bicyclic) bond motifs is 1. The van der Waals surface area contributed by atoms with E-state index in [1.54, 1.807) is 6.07 Å². The molecule has 1 saturated heterocycles. The number of hydrogen-bond acceptors (Lipinski definition) is 4. The SMILES string of the molecule is O=C1CC[C@@]2(O)C3Cc4cccc(O)c4[C@@]2(CCN3CC2CC2)C1. The zero-order valence-electron chi connectivity index (χ0n) is 14.0. The third-order valence-electron chi connectivity index (χ3n) is 7.14. The highest BCUT2D eigenvalue weighted by Gasteiger charge is 2.65. The zero-order valence-corrected chi connectivity index (χ0v) is 14.0. The van der Waals surface area contributed by atoms with Crippen molar-refractivity contribution >= 4 is 5.78 Å². The Bertz CT molecular complexity index is 713. The Hall–Kier alpha value is -1.39. The van der Waals surface area contributed by atoms with E-state index in [4.69, 9.17) is 0 Å². The fourth-order valence-corrected chi connectivity index (χ4v) is 5.83. The zero-order chi connectivity index (χ0) is 16.5. The van der Waals surface area contributed by atoms with Crippen LogP contribution in [0.4, 0.5) is 0 Å². The molecule has 5 rings (SSSR count). The average Bonchev–Trinajstić information content (AvgIpc) is 3.35. The van der Waals surface area contributed by atoms with E-state index in [2.05, 4.69) is 11.0 Å². The standard InChI is InChI=1S/C20H25NO3/c22-15-6-7-20(24)17-10-14-2-1-3-16(23)18(14)19(20,11-15)8-9-21(17)12-13-4-5-13/h1-3,13,17,23-24H,4-12H2/t17?,19-,20-/m1/s1. The van der Waals surface area contributed by atoms with Crippen molar-refractivity contribution in [1.29, 1.82) is 0 Å². The first-order valence-electron chi connectivity index (χ1n) is 9.33. The van der Waals surface area contributed by atoms with Crippen LogP contribution in [0.1, 0.15) is 49.7 Å². The number of nitrogens with zero attached hydrogens (tertiary/aromatic N) is 1. The van der Waals surface area contributed by atoms with Crippen molar-refractivity contribution in [2.24, 2.45) is 5.92 Å². The van der Waals surface area contributed by atoms with Gasteiger partial charge in [-0.15, -0.1) is 0 Å². The summed E-state index contributed by atoms with van der Waals surface area (Å²) in [6, 6.07) is 5.75. The predicted molar refractivity (Wildman–Crippen MR) is 90.0 cm³/mol. The van der Waals surface area contributed by atoms with Gasteiger partial charge in [-0.05, 0) is 56.2 Å². The number of aromatic hydroxyl groups is 1. The number of Topliss-reactive ketones (excluding diaryl/α,β-unsaturated/α-hetero) is 1. The van der Waals surface area contributed by atoms with Gasteiger partial charge in [0.05, 0.1) is 5.60 Å². The molecule has 24 heavy (non-hydrogen) atoms. The second-order valence-electron chi connectivity index (χ2n) is 8.44. The van der Waals surface area contributed by atoms with Gasteiger partial charge in [0.1, 0.15) is 11.5 Å². The van der Waals surface area contributed by atoms with Crippen LogP contribution < -0.4 is 0 Å². The molecule has 0 spiro atoms. The minimum atomic E-state index is -0.889. The average molecular weight is 327 g/mol. The second-order valence-corrected chi connectivity index (χ2v) is 8.44. The summed E-state index contributed by atoms with van der Waals surface area (Å²) in [5.74, 6) is 1.27. The molecule has 3 aliphatic carbocycles. The van der Waals surface area contributed by atoms with Crippen LogP contribution in [0, 0.1) is 5.92 Å². The van der Waals surface area contributed by atoms with Crippen LogP contribution in [0.3, 0.4) is 0 Å². The van der Waals surface area contributed by atoms with Gasteiger partial charge in [-0.2, -0.15) is 0 Å². The molecule has 128 valence electrons. The number of carbonyl (C=O) groups excluding carboxylic acids is 1. The van der Waals surface area contributed by atoms with Gasteiger partial charge < -0.3 is 10.2 Å². The lowest BCUT2D eigenvalue weighted by Crippen LogP contribution is -2.73. The molecule has 4 nitrogen and oxygen atoms in total. The summed E-state index contributed by atoms with van der Waals surface area (Å²) < 4.78 is 0. The highest BCUT2D eigenvalue weighted by molar-refractivity contribution is 5.82. The number of hydrogen-bond donors (Lipinski definition) is 2. The van der Waals surface area contributed by atoms with Crippen LogP contribution in [-0.2, 0) is 16.6 Å². The minimum absolute atomic E-state index is 0.0780. The lowest BCUT2D eigenvalue weighted by Gasteiger charge is -2.63. The van der Waals surface area contributed by atoms with Crippen LogP contribution in [0.25, 0.3) is 0 Å². The molecular formula is C20H25NO3. The molecule has 1 aromatic rings. The van der Waals surface area contributed by atoms with Gasteiger partial charge in [0, 0.05) is 36.4 Å². The van der Waals surface area contributed by atoms with E-state index in [-0.39, 0.29) is 17.6 Å². The van der Waals surface area contributed by atoms with Crippen LogP contribution in [0.2, 0.25) is 0 Å². The fourth-order valence-electron chi connectivity index (χ4n) is 5.83. The number of ketones is 1. The van der Waals surface area contributed by atoms with Crippen molar-refractivity contribution in [3.8, 4) is 5.75 Å². The molecular weight excluding hydrogens is 302 g/mol. The topological polar surface area (TPSA) is 60.8 Å². The molecule has 1 heterocycles. The number of aliphatic hydroxyl groups is 1. The van der Waals surface area contributed by atoms with E-state index in [0.717, 1.165) is 43.0 Å². The van der Waals surface area contributed by atoms with E-state index < -0.39 is 11.0 Å². The number of carbonyl (C=O) groups is 1. The smallest absolute Gasteiger partial charge is 0.134 e. The molecule has 1 unspecified atom stereocenters. The first-order valence-corrected chi connectivity index (χ1v) is 9.33. The number of piperidine rings is 1. The molecule has 2 N–H and O–H groups in total. The second kappa shape index (κ2) is 4.83. The Balaban J connectivity index is 1.67. The van der Waals surface area contributed by atoms with E-state index in [1.807, 2.05) is 6.07 Å². The summed E-state index contributed by atoms with van der Waals surface area (Å²) in [6.07, 6.45) is 5.54. The Morgan fingerprint density at radius 2 is 2.08 bits per heavy atom. The number of benzene rings is 1. The van der Waals surface area contributed by atoms with E-state index in [0.29, 0.717) is 19.3 Å². The van der Waals surface area contributed by atoms with Gasteiger partial charge in [-0.25, -0.2) is 0 Å². The first kappa shape index (κ1) is 14.9. The van der Waals surface area contributed by atoms with Crippen LogP contribution in [0.5, 0.6) is 5.75 Å². The molecule has 3 fully saturated rings. The Kier molecular flexibility index (Phi) is 3.00. The fraction of sp³-hybridized carbons (Fsp3) is 0.650. The van der Waals surface area contributed by atoms with Gasteiger partial charge in [-0.1, -0.05) is 12.1 Å². The van der Waals surface area contributed by atoms with Gasteiger partial charge >= 0.3 is 0 Å². The van der Waals surface area contributed by atoms with Crippen LogP contribution in [0.15, 0.2) is 18.2 Å². The number of rotatable bonds is 2. The Morgan fingerprint density at radius 1 is 1.25 bits per heavy atom. The van der Waals surface area contributed by atoms with Crippen LogP contribution >= 0.6 is 0 Å². The summed E-state index contributed by atoms with van der Waals surface area (Å²) in [6.45, 7) is 2.00. The molecule has 1 aliphatic heterocycles. The number of phenolic OH excluding ortho intramolecular Hbond substituents is 1. The van der Waals surface area contributed by atoms with Crippen molar-refractivity contribution in [2.45, 2.75) is 62.0 Å². The van der Waals surface area contributed by atoms with Crippen molar-refractivity contribution in [2.75, 3.05) is 13.1 Å². The molecule has 0 aromatic heterocycles. The van der Waals surface area contributed by atoms with Gasteiger partial charge in [0.15, 0.2) is 0 Å². The summed E-state index contributed by atoms with van der Waals surface area (Å²) in [4.78, 5) is 14.8. The maximum absolute atomic E-state index is 12.3. The molecule has 3 atom stereocenters. The van der Waals surface area contributed by atoms with Gasteiger partial charge in [0.2, 0.25) is 0 Å². The van der Waals surface area contributed by atoms with Crippen molar-refractivity contribution < 1.29 is 15.0 Å². The Morgan fingerprint density at radius 3 is 2.88 bits per heavy atom. The van der Waals surface area contributed by atoms with E-state index in [1.165, 1.54) is 12.8 Å². The summed E-state index contributed by atoms with van der Waals surface area (Å²) in [5, 5.41) is 22.4. The Labute approximate surface area is 142 Å². The summed E-state index contributed by atoms with van der Waals surface area (Å²) >= 11 is 0. The van der Waals surface area contributed by atoms with Crippen LogP contribution in [-0.4, -0.2) is 45.6 Å². The van der Waals surface area contributed by atoms with E-state index >= 15 is 0 Å². The molecule has 4 heteroatoms. The lowest BCUT2D eigenvalue weighted by atomic mass is 9.49. The number of phenols is 1. The largest absolute Gasteiger partial charge is 0.508 e. The lowest BCUT2D eigenvalue weighted by molar-refractivity contribution is -0.173. The first-order chi connectivity index (χ1) is 11.5. The maximum Gasteiger partial charge on any atom is 0.134 e. The van der Waals surface area contributed by atoms with Crippen molar-refractivity contribution in [3.05, 3.63) is 29.3 Å². The normalized spacial score (nSPS) is 38.5. The van der Waals surface area contributed by atoms with E-state index in [9.17, 15) is 15.0 Å².